The van der Waals surface area contributed by atoms with Gasteiger partial charge in [0.1, 0.15) is 12.1 Å². The van der Waals surface area contributed by atoms with Crippen molar-refractivity contribution >= 4 is 22.8 Å². The summed E-state index contributed by atoms with van der Waals surface area (Å²) in [5, 5.41) is 11.2. The maximum atomic E-state index is 11.1. The third-order valence-corrected chi connectivity index (χ3v) is 3.13. The van der Waals surface area contributed by atoms with Crippen molar-refractivity contribution in [2.45, 2.75) is 18.9 Å². The van der Waals surface area contributed by atoms with Gasteiger partial charge in [0.2, 0.25) is 5.91 Å². The van der Waals surface area contributed by atoms with Crippen LogP contribution in [0.25, 0.3) is 11.0 Å². The average Bonchev–Trinajstić information content (AvgIpc) is 2.94. The Labute approximate surface area is 104 Å². The molecule has 0 bridgehead atoms. The maximum Gasteiger partial charge on any atom is 0.220 e. The van der Waals surface area contributed by atoms with E-state index in [1.807, 2.05) is 7.05 Å². The van der Waals surface area contributed by atoms with E-state index >= 15 is 0 Å². The van der Waals surface area contributed by atoms with Gasteiger partial charge in [-0.25, -0.2) is 9.97 Å². The Hall–Kier alpha value is -2.18. The number of hydrogen-bond donors (Lipinski definition) is 2. The Kier molecular flexibility index (Phi) is 2.58. The number of aryl methyl sites for hydroxylation is 1. The molecule has 7 nitrogen and oxygen atoms in total. The molecule has 2 aromatic rings. The lowest BCUT2D eigenvalue weighted by molar-refractivity contribution is -0.119. The van der Waals surface area contributed by atoms with Gasteiger partial charge in [-0.2, -0.15) is 5.10 Å². The molecular weight excluding hydrogens is 232 g/mol. The van der Waals surface area contributed by atoms with E-state index in [0.29, 0.717) is 13.0 Å². The number of fused-ring (bicyclic) bond motifs is 1. The van der Waals surface area contributed by atoms with E-state index in [2.05, 4.69) is 25.7 Å². The average molecular weight is 246 g/mol. The van der Waals surface area contributed by atoms with Gasteiger partial charge < -0.3 is 10.6 Å². The summed E-state index contributed by atoms with van der Waals surface area (Å²) in [7, 11) is 1.84. The number of aromatic nitrogens is 4. The van der Waals surface area contributed by atoms with Crippen molar-refractivity contribution in [3.05, 3.63) is 12.5 Å². The van der Waals surface area contributed by atoms with Gasteiger partial charge in [0.05, 0.1) is 11.6 Å². The maximum absolute atomic E-state index is 11.1. The van der Waals surface area contributed by atoms with Crippen molar-refractivity contribution in [3.63, 3.8) is 0 Å². The van der Waals surface area contributed by atoms with Crippen molar-refractivity contribution in [2.24, 2.45) is 7.05 Å². The third kappa shape index (κ3) is 1.87. The first-order valence-electron chi connectivity index (χ1n) is 5.90. The number of carbonyl (C=O) groups excluding carboxylic acids is 1. The standard InChI is InChI=1S/C11H14N6O/c1-17-11-8(5-15-17)10(13-6-14-11)12-4-7-2-3-9(18)16-7/h5-7H,2-4H2,1H3,(H,16,18)(H,12,13,14). The molecule has 0 aromatic carbocycles. The van der Waals surface area contributed by atoms with Crippen LogP contribution in [-0.2, 0) is 11.8 Å². The smallest absolute Gasteiger partial charge is 0.220 e. The van der Waals surface area contributed by atoms with Crippen LogP contribution in [0.15, 0.2) is 12.5 Å². The Morgan fingerprint density at radius 1 is 1.56 bits per heavy atom. The number of nitrogens with zero attached hydrogens (tertiary/aromatic N) is 4. The third-order valence-electron chi connectivity index (χ3n) is 3.13. The van der Waals surface area contributed by atoms with E-state index < -0.39 is 0 Å². The van der Waals surface area contributed by atoms with Gasteiger partial charge in [-0.1, -0.05) is 0 Å². The minimum atomic E-state index is 0.121. The zero-order valence-electron chi connectivity index (χ0n) is 10.1. The molecule has 1 unspecified atom stereocenters. The summed E-state index contributed by atoms with van der Waals surface area (Å²) in [6.07, 6.45) is 4.73. The first-order chi connectivity index (χ1) is 8.74. The zero-order valence-corrected chi connectivity index (χ0v) is 10.1. The number of anilines is 1. The summed E-state index contributed by atoms with van der Waals surface area (Å²) in [6.45, 7) is 0.673. The molecule has 3 rings (SSSR count). The van der Waals surface area contributed by atoms with Gasteiger partial charge in [-0.05, 0) is 6.42 Å². The molecule has 7 heteroatoms. The molecule has 1 aliphatic rings. The molecule has 0 radical (unpaired) electrons. The summed E-state index contributed by atoms with van der Waals surface area (Å²) >= 11 is 0. The lowest BCUT2D eigenvalue weighted by Gasteiger charge is -2.11. The highest BCUT2D eigenvalue weighted by Gasteiger charge is 2.20. The number of rotatable bonds is 3. The predicted octanol–water partition coefficient (Wildman–Crippen LogP) is 0.0538. The first kappa shape index (κ1) is 10.9. The molecule has 18 heavy (non-hydrogen) atoms. The predicted molar refractivity (Wildman–Crippen MR) is 66.0 cm³/mol. The van der Waals surface area contributed by atoms with Crippen molar-refractivity contribution in [1.29, 1.82) is 0 Å². The van der Waals surface area contributed by atoms with Crippen molar-refractivity contribution in [2.75, 3.05) is 11.9 Å². The number of hydrogen-bond acceptors (Lipinski definition) is 5. The van der Waals surface area contributed by atoms with E-state index in [1.54, 1.807) is 10.9 Å². The second kappa shape index (κ2) is 4.25. The highest BCUT2D eigenvalue weighted by Crippen LogP contribution is 2.18. The van der Waals surface area contributed by atoms with Crippen LogP contribution < -0.4 is 10.6 Å². The van der Waals surface area contributed by atoms with E-state index in [1.165, 1.54) is 6.33 Å². The second-order valence-electron chi connectivity index (χ2n) is 4.41. The van der Waals surface area contributed by atoms with Gasteiger partial charge in [0.25, 0.3) is 0 Å². The molecule has 1 amide bonds. The van der Waals surface area contributed by atoms with Gasteiger partial charge in [0.15, 0.2) is 5.65 Å². The highest BCUT2D eigenvalue weighted by atomic mass is 16.1. The van der Waals surface area contributed by atoms with Gasteiger partial charge >= 0.3 is 0 Å². The summed E-state index contributed by atoms with van der Waals surface area (Å²) in [5.41, 5.74) is 0.794. The second-order valence-corrected chi connectivity index (χ2v) is 4.41. The van der Waals surface area contributed by atoms with Crippen molar-refractivity contribution in [1.82, 2.24) is 25.1 Å². The topological polar surface area (TPSA) is 84.7 Å². The molecule has 94 valence electrons. The summed E-state index contributed by atoms with van der Waals surface area (Å²) in [5.74, 6) is 0.880. The summed E-state index contributed by atoms with van der Waals surface area (Å²) in [6, 6.07) is 0.180. The van der Waals surface area contributed by atoms with E-state index in [9.17, 15) is 4.79 Å². The monoisotopic (exact) mass is 246 g/mol. The molecule has 0 saturated carbocycles. The van der Waals surface area contributed by atoms with E-state index in [0.717, 1.165) is 23.3 Å². The van der Waals surface area contributed by atoms with Crippen LogP contribution >= 0.6 is 0 Å². The lowest BCUT2D eigenvalue weighted by atomic mass is 10.2. The van der Waals surface area contributed by atoms with E-state index in [-0.39, 0.29) is 11.9 Å². The number of amides is 1. The van der Waals surface area contributed by atoms with Gasteiger partial charge in [-0.15, -0.1) is 0 Å². The minimum Gasteiger partial charge on any atom is -0.367 e. The van der Waals surface area contributed by atoms with Crippen molar-refractivity contribution in [3.8, 4) is 0 Å². The zero-order chi connectivity index (χ0) is 12.5. The minimum absolute atomic E-state index is 0.121. The normalized spacial score (nSPS) is 19.2. The molecule has 1 fully saturated rings. The van der Waals surface area contributed by atoms with Gasteiger partial charge in [-0.3, -0.25) is 9.48 Å². The van der Waals surface area contributed by atoms with Crippen LogP contribution in [0.1, 0.15) is 12.8 Å². The van der Waals surface area contributed by atoms with Crippen LogP contribution in [-0.4, -0.2) is 38.2 Å². The van der Waals surface area contributed by atoms with Gasteiger partial charge in [0, 0.05) is 26.1 Å². The SMILES string of the molecule is Cn1ncc2c(NCC3CCC(=O)N3)ncnc21. The Morgan fingerprint density at radius 3 is 3.22 bits per heavy atom. The molecule has 2 N–H and O–H groups in total. The van der Waals surface area contributed by atoms with Crippen LogP contribution in [0.2, 0.25) is 0 Å². The molecule has 1 atom stereocenters. The fraction of sp³-hybridized carbons (Fsp3) is 0.455. The Morgan fingerprint density at radius 2 is 2.44 bits per heavy atom. The fourth-order valence-corrected chi connectivity index (χ4v) is 2.15. The molecule has 3 heterocycles. The molecular formula is C11H14N6O. The number of carbonyl (C=O) groups is 1. The van der Waals surface area contributed by atoms with Crippen LogP contribution in [0, 0.1) is 0 Å². The Bertz CT molecular complexity index is 592. The lowest BCUT2D eigenvalue weighted by Crippen LogP contribution is -2.32. The summed E-state index contributed by atoms with van der Waals surface area (Å²) in [4.78, 5) is 19.5. The van der Waals surface area contributed by atoms with Crippen LogP contribution in [0.4, 0.5) is 5.82 Å². The first-order valence-corrected chi connectivity index (χ1v) is 5.90. The summed E-state index contributed by atoms with van der Waals surface area (Å²) < 4.78 is 1.71. The van der Waals surface area contributed by atoms with Crippen molar-refractivity contribution < 1.29 is 4.79 Å². The van der Waals surface area contributed by atoms with Crippen LogP contribution in [0.5, 0.6) is 0 Å². The molecule has 1 saturated heterocycles. The molecule has 0 spiro atoms. The molecule has 0 aliphatic carbocycles. The quantitative estimate of drug-likeness (QED) is 0.799. The largest absolute Gasteiger partial charge is 0.367 e. The van der Waals surface area contributed by atoms with E-state index in [4.69, 9.17) is 0 Å². The Balaban J connectivity index is 1.76. The van der Waals surface area contributed by atoms with Crippen LogP contribution in [0.3, 0.4) is 0 Å². The highest BCUT2D eigenvalue weighted by molar-refractivity contribution is 5.86. The molecule has 1 aliphatic heterocycles. The molecule has 2 aromatic heterocycles. The fourth-order valence-electron chi connectivity index (χ4n) is 2.15. The number of nitrogens with one attached hydrogen (secondary N) is 2.